The predicted octanol–water partition coefficient (Wildman–Crippen LogP) is 6.65. The third-order valence-electron chi connectivity index (χ3n) is 5.08. The Hall–Kier alpha value is -3.57. The molecule has 0 saturated heterocycles. The van der Waals surface area contributed by atoms with Gasteiger partial charge in [0.05, 0.1) is 24.3 Å². The van der Waals surface area contributed by atoms with Crippen molar-refractivity contribution in [2.75, 3.05) is 13.2 Å². The van der Waals surface area contributed by atoms with Gasteiger partial charge in [-0.15, -0.1) is 0 Å². The second-order valence-electron chi connectivity index (χ2n) is 7.69. The number of hydrogen-bond donors (Lipinski definition) is 2. The third-order valence-corrected chi connectivity index (χ3v) is 5.08. The van der Waals surface area contributed by atoms with E-state index in [1.54, 1.807) is 12.1 Å². The molecule has 7 heteroatoms. The fourth-order valence-corrected chi connectivity index (χ4v) is 3.53. The molecule has 0 fully saturated rings. The molecule has 0 unspecified atom stereocenters. The number of rotatable bonds is 8. The predicted molar refractivity (Wildman–Crippen MR) is 133 cm³/mol. The molecule has 0 atom stereocenters. The van der Waals surface area contributed by atoms with Gasteiger partial charge in [-0.25, -0.2) is 9.59 Å². The third kappa shape index (κ3) is 7.21. The Labute approximate surface area is 214 Å². The summed E-state index contributed by atoms with van der Waals surface area (Å²) in [6, 6.07) is 21.7. The molecule has 4 rings (SSSR count). The van der Waals surface area contributed by atoms with Crippen LogP contribution in [0.1, 0.15) is 47.4 Å². The van der Waals surface area contributed by atoms with Gasteiger partial charge in [0, 0.05) is 16.5 Å². The van der Waals surface area contributed by atoms with E-state index in [-0.39, 0.29) is 27.6 Å². The summed E-state index contributed by atoms with van der Waals surface area (Å²) < 4.78 is 11.0. The molecule has 0 bridgehead atoms. The monoisotopic (exact) mass is 518 g/mol. The second-order valence-corrected chi connectivity index (χ2v) is 7.69. The molecule has 186 valence electrons. The topological polar surface area (TPSA) is 93.1 Å². The molecule has 6 nitrogen and oxygen atoms in total. The Morgan fingerprint density at radius 2 is 1.03 bits per heavy atom. The van der Waals surface area contributed by atoms with Crippen LogP contribution in [-0.4, -0.2) is 35.4 Å². The van der Waals surface area contributed by atoms with Crippen molar-refractivity contribution in [3.63, 3.8) is 0 Å². The summed E-state index contributed by atoms with van der Waals surface area (Å²) in [6.45, 7) is 5.22. The van der Waals surface area contributed by atoms with E-state index < -0.39 is 11.9 Å². The van der Waals surface area contributed by atoms with E-state index in [1.807, 2.05) is 74.5 Å². The van der Waals surface area contributed by atoms with Crippen LogP contribution in [0.5, 0.6) is 11.5 Å². The molecule has 2 N–H and O–H groups in total. The van der Waals surface area contributed by atoms with E-state index in [1.165, 1.54) is 0 Å². The molecule has 0 amide bonds. The van der Waals surface area contributed by atoms with Crippen molar-refractivity contribution < 1.29 is 45.8 Å². The van der Waals surface area contributed by atoms with Crippen molar-refractivity contribution in [3.05, 3.63) is 83.9 Å². The first kappa shape index (κ1) is 27.7. The zero-order chi connectivity index (χ0) is 24.5. The standard InChI is InChI=1S/2C14H14O3.Ni/c2*1-2-7-17-11-8-10-5-3-4-6-12(10)13(9-11)14(15)16;/h2*3-6,8-9H,2,7H2,1H3,(H,15,16);. The quantitative estimate of drug-likeness (QED) is 0.253. The minimum absolute atomic E-state index is 0. The Morgan fingerprint density at radius 1 is 0.657 bits per heavy atom. The van der Waals surface area contributed by atoms with Gasteiger partial charge in [-0.05, 0) is 58.7 Å². The number of carbonyl (C=O) groups is 2. The SMILES string of the molecule is CCCOc1cc(C(=O)O)c2ccccc2c1.CCCOc1cc(C(=O)O)c2ccccc2c1.[Ni]. The van der Waals surface area contributed by atoms with Crippen LogP contribution in [0.2, 0.25) is 0 Å². The molecule has 0 aromatic heterocycles. The smallest absolute Gasteiger partial charge is 0.336 e. The maximum absolute atomic E-state index is 11.2. The molecule has 35 heavy (non-hydrogen) atoms. The van der Waals surface area contributed by atoms with Gasteiger partial charge >= 0.3 is 11.9 Å². The number of carboxylic acids is 2. The zero-order valence-electron chi connectivity index (χ0n) is 19.6. The first-order chi connectivity index (χ1) is 16.4. The fourth-order valence-electron chi connectivity index (χ4n) is 3.53. The van der Waals surface area contributed by atoms with Crippen molar-refractivity contribution in [2.45, 2.75) is 26.7 Å². The van der Waals surface area contributed by atoms with Crippen LogP contribution in [-0.2, 0) is 16.5 Å². The van der Waals surface area contributed by atoms with Crippen molar-refractivity contribution in [1.29, 1.82) is 0 Å². The van der Waals surface area contributed by atoms with Gasteiger partial charge in [0.15, 0.2) is 0 Å². The Bertz CT molecular complexity index is 1200. The molecule has 4 aromatic carbocycles. The van der Waals surface area contributed by atoms with Gasteiger partial charge in [-0.1, -0.05) is 62.4 Å². The number of ether oxygens (including phenoxy) is 2. The molecule has 0 saturated carbocycles. The normalized spacial score (nSPS) is 10.1. The van der Waals surface area contributed by atoms with Gasteiger partial charge in [0.2, 0.25) is 0 Å². The number of carboxylic acid groups (broad SMARTS) is 2. The Balaban J connectivity index is 0.000000240. The minimum atomic E-state index is -0.928. The van der Waals surface area contributed by atoms with Crippen LogP contribution >= 0.6 is 0 Å². The molecule has 0 aliphatic heterocycles. The Kier molecular flexibility index (Phi) is 10.6. The summed E-state index contributed by atoms with van der Waals surface area (Å²) in [6.07, 6.45) is 1.80. The van der Waals surface area contributed by atoms with E-state index >= 15 is 0 Å². The zero-order valence-corrected chi connectivity index (χ0v) is 20.6. The average Bonchev–Trinajstić information content (AvgIpc) is 2.85. The van der Waals surface area contributed by atoms with E-state index in [0.29, 0.717) is 24.7 Å². The van der Waals surface area contributed by atoms with Gasteiger partial charge in [-0.3, -0.25) is 0 Å². The first-order valence-electron chi connectivity index (χ1n) is 11.2. The molecule has 0 radical (unpaired) electrons. The van der Waals surface area contributed by atoms with Gasteiger partial charge < -0.3 is 19.7 Å². The van der Waals surface area contributed by atoms with Crippen molar-refractivity contribution in [3.8, 4) is 11.5 Å². The summed E-state index contributed by atoms with van der Waals surface area (Å²) in [5, 5.41) is 21.6. The Morgan fingerprint density at radius 3 is 1.37 bits per heavy atom. The van der Waals surface area contributed by atoms with Crippen molar-refractivity contribution in [2.24, 2.45) is 0 Å². The van der Waals surface area contributed by atoms with Gasteiger partial charge in [0.1, 0.15) is 11.5 Å². The molecule has 0 aliphatic carbocycles. The number of hydrogen-bond acceptors (Lipinski definition) is 4. The van der Waals surface area contributed by atoms with Crippen molar-refractivity contribution >= 4 is 33.5 Å². The second kappa shape index (κ2) is 13.4. The number of fused-ring (bicyclic) bond motifs is 2. The summed E-state index contributed by atoms with van der Waals surface area (Å²) >= 11 is 0. The molecule has 0 heterocycles. The summed E-state index contributed by atoms with van der Waals surface area (Å²) in [5.74, 6) is -0.628. The van der Waals surface area contributed by atoms with Gasteiger partial charge in [0.25, 0.3) is 0 Å². The van der Waals surface area contributed by atoms with E-state index in [0.717, 1.165) is 34.4 Å². The minimum Gasteiger partial charge on any atom is -0.494 e. The maximum atomic E-state index is 11.2. The fraction of sp³-hybridized carbons (Fsp3) is 0.214. The van der Waals surface area contributed by atoms with Crippen LogP contribution in [0.4, 0.5) is 0 Å². The summed E-state index contributed by atoms with van der Waals surface area (Å²) in [5.41, 5.74) is 0.573. The number of benzene rings is 4. The average molecular weight is 519 g/mol. The van der Waals surface area contributed by atoms with E-state index in [4.69, 9.17) is 9.47 Å². The van der Waals surface area contributed by atoms with Crippen LogP contribution < -0.4 is 9.47 Å². The van der Waals surface area contributed by atoms with E-state index in [9.17, 15) is 19.8 Å². The summed E-state index contributed by atoms with van der Waals surface area (Å²) in [7, 11) is 0. The van der Waals surface area contributed by atoms with Crippen molar-refractivity contribution in [1.82, 2.24) is 0 Å². The molecular formula is C28H28NiO6. The molecule has 4 aromatic rings. The molecular weight excluding hydrogens is 491 g/mol. The maximum Gasteiger partial charge on any atom is 0.336 e. The van der Waals surface area contributed by atoms with Crippen LogP contribution in [0.25, 0.3) is 21.5 Å². The largest absolute Gasteiger partial charge is 0.494 e. The molecule has 0 spiro atoms. The van der Waals surface area contributed by atoms with E-state index in [2.05, 4.69) is 0 Å². The van der Waals surface area contributed by atoms with Crippen LogP contribution in [0, 0.1) is 0 Å². The van der Waals surface area contributed by atoms with Crippen LogP contribution in [0.3, 0.4) is 0 Å². The van der Waals surface area contributed by atoms with Gasteiger partial charge in [-0.2, -0.15) is 0 Å². The first-order valence-corrected chi connectivity index (χ1v) is 11.2. The summed E-state index contributed by atoms with van der Waals surface area (Å²) in [4.78, 5) is 22.4. The number of aromatic carboxylic acids is 2. The van der Waals surface area contributed by atoms with Crippen LogP contribution in [0.15, 0.2) is 72.8 Å². The molecule has 0 aliphatic rings.